The van der Waals surface area contributed by atoms with Gasteiger partial charge < -0.3 is 15.4 Å². The van der Waals surface area contributed by atoms with Crippen molar-refractivity contribution in [2.24, 2.45) is 5.73 Å². The van der Waals surface area contributed by atoms with Crippen LogP contribution in [-0.4, -0.2) is 41.9 Å². The lowest BCUT2D eigenvalue weighted by atomic mass is 10.2. The third-order valence-electron chi connectivity index (χ3n) is 2.78. The summed E-state index contributed by atoms with van der Waals surface area (Å²) in [5.74, 6) is 1.40. The smallest absolute Gasteiger partial charge is 0.227 e. The first-order valence-corrected chi connectivity index (χ1v) is 8.00. The molecule has 1 aromatic rings. The zero-order chi connectivity index (χ0) is 15.7. The van der Waals surface area contributed by atoms with Crippen LogP contribution in [0.4, 0.5) is 0 Å². The van der Waals surface area contributed by atoms with Crippen molar-refractivity contribution in [1.29, 1.82) is 0 Å². The van der Waals surface area contributed by atoms with Crippen LogP contribution in [0.5, 0.6) is 5.75 Å². The normalized spacial score (nSPS) is 10.2. The topological polar surface area (TPSA) is 72.6 Å². The Hall–Kier alpha value is -1.69. The van der Waals surface area contributed by atoms with Crippen LogP contribution in [0.2, 0.25) is 0 Å². The molecule has 0 aliphatic heterocycles. The Balaban J connectivity index is 2.35. The fourth-order valence-corrected chi connectivity index (χ4v) is 2.41. The summed E-state index contributed by atoms with van der Waals surface area (Å²) in [4.78, 5) is 24.2. The molecule has 21 heavy (non-hydrogen) atoms. The van der Waals surface area contributed by atoms with Gasteiger partial charge in [-0.25, -0.2) is 0 Å². The van der Waals surface area contributed by atoms with Crippen LogP contribution in [0.1, 0.15) is 18.9 Å². The standard InChI is InChI=1S/C15H22N2O3S/c1-3-20-13-6-4-12(5-7-13)10-17(2)15(19)8-9-21-11-14(16)18/h4-7H,3,8-11H2,1-2H3,(H2,16,18). The van der Waals surface area contributed by atoms with Gasteiger partial charge in [0.15, 0.2) is 0 Å². The number of ether oxygens (including phenoxy) is 1. The summed E-state index contributed by atoms with van der Waals surface area (Å²) in [6, 6.07) is 7.72. The van der Waals surface area contributed by atoms with Crippen molar-refractivity contribution in [2.45, 2.75) is 19.9 Å². The van der Waals surface area contributed by atoms with Gasteiger partial charge in [0.25, 0.3) is 0 Å². The maximum atomic E-state index is 11.9. The number of amides is 2. The van der Waals surface area contributed by atoms with Gasteiger partial charge >= 0.3 is 0 Å². The Morgan fingerprint density at radius 1 is 1.29 bits per heavy atom. The predicted octanol–water partition coefficient (Wildman–Crippen LogP) is 1.65. The third-order valence-corrected chi connectivity index (χ3v) is 3.77. The number of rotatable bonds is 9. The summed E-state index contributed by atoms with van der Waals surface area (Å²) in [7, 11) is 1.78. The van der Waals surface area contributed by atoms with Crippen LogP contribution in [0.15, 0.2) is 24.3 Å². The van der Waals surface area contributed by atoms with E-state index in [4.69, 9.17) is 10.5 Å². The Morgan fingerprint density at radius 2 is 1.95 bits per heavy atom. The molecule has 116 valence electrons. The van der Waals surface area contributed by atoms with E-state index < -0.39 is 0 Å². The summed E-state index contributed by atoms with van der Waals surface area (Å²) in [6.45, 7) is 3.14. The molecule has 0 spiro atoms. The summed E-state index contributed by atoms with van der Waals surface area (Å²) in [5.41, 5.74) is 6.09. The van der Waals surface area contributed by atoms with E-state index in [1.165, 1.54) is 11.8 Å². The summed E-state index contributed by atoms with van der Waals surface area (Å²) >= 11 is 1.38. The molecule has 0 saturated heterocycles. The van der Waals surface area contributed by atoms with Crippen LogP contribution in [0.3, 0.4) is 0 Å². The van der Waals surface area contributed by atoms with Crippen LogP contribution >= 0.6 is 11.8 Å². The van der Waals surface area contributed by atoms with Gasteiger partial charge in [0.05, 0.1) is 12.4 Å². The highest BCUT2D eigenvalue weighted by Crippen LogP contribution is 2.14. The second-order valence-electron chi connectivity index (χ2n) is 4.60. The molecule has 0 unspecified atom stereocenters. The molecular formula is C15H22N2O3S. The van der Waals surface area contributed by atoms with Crippen molar-refractivity contribution in [3.8, 4) is 5.75 Å². The first-order valence-electron chi connectivity index (χ1n) is 6.84. The number of nitrogens with zero attached hydrogens (tertiary/aromatic N) is 1. The molecule has 0 saturated carbocycles. The Labute approximate surface area is 129 Å². The van der Waals surface area contributed by atoms with E-state index in [0.29, 0.717) is 25.3 Å². The fourth-order valence-electron chi connectivity index (χ4n) is 1.74. The van der Waals surface area contributed by atoms with Crippen molar-refractivity contribution in [3.63, 3.8) is 0 Å². The van der Waals surface area contributed by atoms with Crippen molar-refractivity contribution in [1.82, 2.24) is 4.90 Å². The molecule has 6 heteroatoms. The number of primary amides is 1. The van der Waals surface area contributed by atoms with Gasteiger partial charge in [-0.3, -0.25) is 9.59 Å². The lowest BCUT2D eigenvalue weighted by Crippen LogP contribution is -2.26. The summed E-state index contributed by atoms with van der Waals surface area (Å²) in [6.07, 6.45) is 0.408. The third kappa shape index (κ3) is 7.04. The Morgan fingerprint density at radius 3 is 2.52 bits per heavy atom. The van der Waals surface area contributed by atoms with Crippen LogP contribution in [0.25, 0.3) is 0 Å². The Bertz CT molecular complexity index is 462. The highest BCUT2D eigenvalue weighted by Gasteiger charge is 2.09. The maximum Gasteiger partial charge on any atom is 0.227 e. The molecule has 0 bridgehead atoms. The van der Waals surface area contributed by atoms with Crippen LogP contribution in [-0.2, 0) is 16.1 Å². The summed E-state index contributed by atoms with van der Waals surface area (Å²) < 4.78 is 5.38. The largest absolute Gasteiger partial charge is 0.494 e. The highest BCUT2D eigenvalue weighted by molar-refractivity contribution is 7.99. The predicted molar refractivity (Wildman–Crippen MR) is 85.2 cm³/mol. The summed E-state index contributed by atoms with van der Waals surface area (Å²) in [5, 5.41) is 0. The molecule has 1 aromatic carbocycles. The molecule has 0 heterocycles. The molecule has 0 radical (unpaired) electrons. The minimum absolute atomic E-state index is 0.0563. The number of nitrogens with two attached hydrogens (primary N) is 1. The molecule has 0 atom stereocenters. The van der Waals surface area contributed by atoms with E-state index in [1.54, 1.807) is 11.9 Å². The second-order valence-corrected chi connectivity index (χ2v) is 5.70. The van der Waals surface area contributed by atoms with Gasteiger partial charge in [0.1, 0.15) is 5.75 Å². The number of benzene rings is 1. The van der Waals surface area contributed by atoms with E-state index >= 15 is 0 Å². The lowest BCUT2D eigenvalue weighted by molar-refractivity contribution is -0.130. The molecule has 2 amide bonds. The van der Waals surface area contributed by atoms with Gasteiger partial charge in [-0.1, -0.05) is 12.1 Å². The molecule has 2 N–H and O–H groups in total. The van der Waals surface area contributed by atoms with Gasteiger partial charge in [0, 0.05) is 25.8 Å². The van der Waals surface area contributed by atoms with Crippen LogP contribution in [0, 0.1) is 0 Å². The molecule has 0 fully saturated rings. The average Bonchev–Trinajstić information content (AvgIpc) is 2.45. The molecule has 1 rings (SSSR count). The Kier molecular flexibility index (Phi) is 7.68. The number of hydrogen-bond donors (Lipinski definition) is 1. The highest BCUT2D eigenvalue weighted by atomic mass is 32.2. The van der Waals surface area contributed by atoms with E-state index in [2.05, 4.69) is 0 Å². The first kappa shape index (κ1) is 17.4. The van der Waals surface area contributed by atoms with Crippen LogP contribution < -0.4 is 10.5 Å². The van der Waals surface area contributed by atoms with Gasteiger partial charge in [-0.2, -0.15) is 11.8 Å². The molecule has 0 aliphatic rings. The van der Waals surface area contributed by atoms with Crippen molar-refractivity contribution < 1.29 is 14.3 Å². The van der Waals surface area contributed by atoms with E-state index in [9.17, 15) is 9.59 Å². The molecular weight excluding hydrogens is 288 g/mol. The minimum atomic E-state index is -0.352. The number of carbonyl (C=O) groups is 2. The van der Waals surface area contributed by atoms with Gasteiger partial charge in [0.2, 0.25) is 11.8 Å². The van der Waals surface area contributed by atoms with Gasteiger partial charge in [-0.15, -0.1) is 0 Å². The molecule has 5 nitrogen and oxygen atoms in total. The average molecular weight is 310 g/mol. The van der Waals surface area contributed by atoms with Gasteiger partial charge in [-0.05, 0) is 24.6 Å². The van der Waals surface area contributed by atoms with Crippen molar-refractivity contribution in [3.05, 3.63) is 29.8 Å². The van der Waals surface area contributed by atoms with Crippen molar-refractivity contribution >= 4 is 23.6 Å². The zero-order valence-electron chi connectivity index (χ0n) is 12.5. The molecule has 0 aromatic heterocycles. The molecule has 0 aliphatic carbocycles. The maximum absolute atomic E-state index is 11.9. The van der Waals surface area contributed by atoms with E-state index in [1.807, 2.05) is 31.2 Å². The first-order chi connectivity index (χ1) is 10.0. The monoisotopic (exact) mass is 310 g/mol. The number of hydrogen-bond acceptors (Lipinski definition) is 4. The quantitative estimate of drug-likeness (QED) is 0.704. The second kappa shape index (κ2) is 9.28. The minimum Gasteiger partial charge on any atom is -0.494 e. The zero-order valence-corrected chi connectivity index (χ0v) is 13.3. The van der Waals surface area contributed by atoms with E-state index in [-0.39, 0.29) is 17.6 Å². The lowest BCUT2D eigenvalue weighted by Gasteiger charge is -2.17. The SMILES string of the molecule is CCOc1ccc(CN(C)C(=O)CCSCC(N)=O)cc1. The number of carbonyl (C=O) groups excluding carboxylic acids is 2. The number of thioether (sulfide) groups is 1. The fraction of sp³-hybridized carbons (Fsp3) is 0.467. The van der Waals surface area contributed by atoms with E-state index in [0.717, 1.165) is 11.3 Å². The van der Waals surface area contributed by atoms with Crippen molar-refractivity contribution in [2.75, 3.05) is 25.2 Å².